The molecule has 0 radical (unpaired) electrons. The number of hydrogen-bond donors (Lipinski definition) is 1. The van der Waals surface area contributed by atoms with E-state index in [0.717, 1.165) is 18.5 Å². The average Bonchev–Trinajstić information content (AvgIpc) is 2.36. The number of hydrogen-bond acceptors (Lipinski definition) is 2. The number of rotatable bonds is 7. The van der Waals surface area contributed by atoms with Crippen LogP contribution in [0.5, 0.6) is 0 Å². The van der Waals surface area contributed by atoms with Crippen LogP contribution in [0, 0.1) is 0 Å². The summed E-state index contributed by atoms with van der Waals surface area (Å²) in [5.74, 6) is 0. The van der Waals surface area contributed by atoms with Gasteiger partial charge in [-0.1, -0.05) is 44.5 Å². The zero-order chi connectivity index (χ0) is 13.5. The summed E-state index contributed by atoms with van der Waals surface area (Å²) in [7, 11) is 0. The molecule has 1 atom stereocenters. The zero-order valence-corrected chi connectivity index (χ0v) is 12.2. The Bertz CT molecular complexity index is 331. The molecule has 0 spiro atoms. The molecule has 0 heterocycles. The van der Waals surface area contributed by atoms with Crippen molar-refractivity contribution >= 4 is 0 Å². The van der Waals surface area contributed by atoms with E-state index in [1.54, 1.807) is 0 Å². The van der Waals surface area contributed by atoms with Crippen LogP contribution in [0.2, 0.25) is 0 Å². The van der Waals surface area contributed by atoms with Crippen LogP contribution in [-0.4, -0.2) is 29.1 Å². The van der Waals surface area contributed by atoms with Gasteiger partial charge in [0.2, 0.25) is 0 Å². The minimum atomic E-state index is -0.386. The van der Waals surface area contributed by atoms with Crippen LogP contribution in [0.25, 0.3) is 0 Å². The molecule has 0 amide bonds. The van der Waals surface area contributed by atoms with Crippen LogP contribution in [0.1, 0.15) is 51.3 Å². The van der Waals surface area contributed by atoms with E-state index in [9.17, 15) is 5.11 Å². The van der Waals surface area contributed by atoms with E-state index in [2.05, 4.69) is 56.9 Å². The van der Waals surface area contributed by atoms with Crippen LogP contribution >= 0.6 is 0 Å². The molecule has 1 unspecified atom stereocenters. The maximum Gasteiger partial charge on any atom is 0.0917 e. The highest BCUT2D eigenvalue weighted by molar-refractivity contribution is 5.24. The van der Waals surface area contributed by atoms with Gasteiger partial charge in [0.1, 0.15) is 0 Å². The molecule has 102 valence electrons. The Balaban J connectivity index is 2.63. The van der Waals surface area contributed by atoms with Gasteiger partial charge in [0.25, 0.3) is 0 Å². The monoisotopic (exact) mass is 249 g/mol. The van der Waals surface area contributed by atoms with Crippen LogP contribution in [0.3, 0.4) is 0 Å². The van der Waals surface area contributed by atoms with Crippen molar-refractivity contribution < 1.29 is 5.11 Å². The minimum absolute atomic E-state index is 0.386. The Morgan fingerprint density at radius 2 is 1.72 bits per heavy atom. The van der Waals surface area contributed by atoms with Gasteiger partial charge in [-0.05, 0) is 37.9 Å². The summed E-state index contributed by atoms with van der Waals surface area (Å²) >= 11 is 0. The normalized spacial score (nSPS) is 13.3. The Hall–Kier alpha value is -0.860. The molecule has 0 aliphatic heterocycles. The lowest BCUT2D eigenvalue weighted by Gasteiger charge is -2.27. The van der Waals surface area contributed by atoms with Crippen molar-refractivity contribution in [2.45, 2.75) is 52.7 Å². The van der Waals surface area contributed by atoms with E-state index < -0.39 is 0 Å². The molecule has 0 saturated carbocycles. The maximum atomic E-state index is 10.3. The number of benzene rings is 1. The molecule has 0 aliphatic rings. The largest absolute Gasteiger partial charge is 0.387 e. The van der Waals surface area contributed by atoms with Gasteiger partial charge in [-0.25, -0.2) is 0 Å². The van der Waals surface area contributed by atoms with E-state index in [-0.39, 0.29) is 6.10 Å². The Kier molecular flexibility index (Phi) is 6.37. The molecule has 2 nitrogen and oxygen atoms in total. The predicted octanol–water partition coefficient (Wildman–Crippen LogP) is 3.40. The minimum Gasteiger partial charge on any atom is -0.387 e. The third kappa shape index (κ3) is 4.43. The third-order valence-electron chi connectivity index (χ3n) is 3.45. The predicted molar refractivity (Wildman–Crippen MR) is 77.8 cm³/mol. The molecule has 0 saturated heterocycles. The molecule has 2 heteroatoms. The SMILES string of the molecule is CCCc1ccc(C(O)CN(CC)C(C)C)cc1. The number of nitrogens with zero attached hydrogens (tertiary/aromatic N) is 1. The van der Waals surface area contributed by atoms with Gasteiger partial charge in [-0.15, -0.1) is 0 Å². The second-order valence-corrected chi connectivity index (χ2v) is 5.19. The van der Waals surface area contributed by atoms with Crippen molar-refractivity contribution in [1.29, 1.82) is 0 Å². The van der Waals surface area contributed by atoms with Crippen molar-refractivity contribution in [1.82, 2.24) is 4.90 Å². The van der Waals surface area contributed by atoms with Crippen molar-refractivity contribution in [2.24, 2.45) is 0 Å². The molecule has 1 rings (SSSR count). The summed E-state index contributed by atoms with van der Waals surface area (Å²) in [6.07, 6.45) is 1.89. The summed E-state index contributed by atoms with van der Waals surface area (Å²) in [6, 6.07) is 8.86. The zero-order valence-electron chi connectivity index (χ0n) is 12.2. The van der Waals surface area contributed by atoms with Crippen molar-refractivity contribution in [2.75, 3.05) is 13.1 Å². The first kappa shape index (κ1) is 15.2. The molecule has 0 fully saturated rings. The highest BCUT2D eigenvalue weighted by atomic mass is 16.3. The van der Waals surface area contributed by atoms with Gasteiger partial charge in [0.05, 0.1) is 6.10 Å². The summed E-state index contributed by atoms with van der Waals surface area (Å²) < 4.78 is 0. The fourth-order valence-corrected chi connectivity index (χ4v) is 2.23. The number of aryl methyl sites for hydroxylation is 1. The van der Waals surface area contributed by atoms with Crippen molar-refractivity contribution in [3.8, 4) is 0 Å². The summed E-state index contributed by atoms with van der Waals surface area (Å²) in [4.78, 5) is 2.28. The molecule has 0 aliphatic carbocycles. The van der Waals surface area contributed by atoms with Gasteiger partial charge >= 0.3 is 0 Å². The molecule has 18 heavy (non-hydrogen) atoms. The molecule has 1 aromatic rings. The summed E-state index contributed by atoms with van der Waals surface area (Å²) in [5.41, 5.74) is 2.37. The summed E-state index contributed by atoms with van der Waals surface area (Å²) in [6.45, 7) is 10.3. The first-order chi connectivity index (χ1) is 8.58. The molecule has 0 aromatic heterocycles. The maximum absolute atomic E-state index is 10.3. The molecule has 1 aromatic carbocycles. The van der Waals surface area contributed by atoms with Gasteiger partial charge < -0.3 is 5.11 Å². The quantitative estimate of drug-likeness (QED) is 0.800. The van der Waals surface area contributed by atoms with Gasteiger partial charge in [-0.2, -0.15) is 0 Å². The fourth-order valence-electron chi connectivity index (χ4n) is 2.23. The topological polar surface area (TPSA) is 23.5 Å². The standard InChI is InChI=1S/C16H27NO/c1-5-7-14-8-10-15(11-9-14)16(18)12-17(6-2)13(3)4/h8-11,13,16,18H,5-7,12H2,1-4H3. The van der Waals surface area contributed by atoms with Crippen LogP contribution in [0.4, 0.5) is 0 Å². The van der Waals surface area contributed by atoms with E-state index in [0.29, 0.717) is 12.6 Å². The average molecular weight is 249 g/mol. The molecule has 0 bridgehead atoms. The lowest BCUT2D eigenvalue weighted by molar-refractivity contribution is 0.0991. The lowest BCUT2D eigenvalue weighted by Crippen LogP contribution is -2.34. The van der Waals surface area contributed by atoms with Gasteiger partial charge in [0, 0.05) is 12.6 Å². The van der Waals surface area contributed by atoms with Crippen molar-refractivity contribution in [3.05, 3.63) is 35.4 Å². The van der Waals surface area contributed by atoms with Crippen molar-refractivity contribution in [3.63, 3.8) is 0 Å². The first-order valence-electron chi connectivity index (χ1n) is 7.09. The second kappa shape index (κ2) is 7.55. The van der Waals surface area contributed by atoms with Gasteiger partial charge in [-0.3, -0.25) is 4.90 Å². The highest BCUT2D eigenvalue weighted by Gasteiger charge is 2.14. The van der Waals surface area contributed by atoms with E-state index >= 15 is 0 Å². The fraction of sp³-hybridized carbons (Fsp3) is 0.625. The number of likely N-dealkylation sites (N-methyl/N-ethyl adjacent to an activating group) is 1. The van der Waals surface area contributed by atoms with Crippen LogP contribution in [0.15, 0.2) is 24.3 Å². The number of aliphatic hydroxyl groups excluding tert-OH is 1. The van der Waals surface area contributed by atoms with Crippen LogP contribution < -0.4 is 0 Å². The summed E-state index contributed by atoms with van der Waals surface area (Å²) in [5, 5.41) is 10.3. The molecular formula is C16H27NO. The van der Waals surface area contributed by atoms with Crippen LogP contribution in [-0.2, 0) is 6.42 Å². The first-order valence-corrected chi connectivity index (χ1v) is 7.09. The molecule has 1 N–H and O–H groups in total. The van der Waals surface area contributed by atoms with E-state index in [1.807, 2.05) is 0 Å². The number of aliphatic hydroxyl groups is 1. The Morgan fingerprint density at radius 1 is 1.11 bits per heavy atom. The Labute approximate surface area is 112 Å². The second-order valence-electron chi connectivity index (χ2n) is 5.19. The molecular weight excluding hydrogens is 222 g/mol. The van der Waals surface area contributed by atoms with E-state index in [4.69, 9.17) is 0 Å². The van der Waals surface area contributed by atoms with Gasteiger partial charge in [0.15, 0.2) is 0 Å². The Morgan fingerprint density at radius 3 is 2.17 bits per heavy atom. The van der Waals surface area contributed by atoms with E-state index in [1.165, 1.54) is 12.0 Å². The third-order valence-corrected chi connectivity index (χ3v) is 3.45. The lowest BCUT2D eigenvalue weighted by atomic mass is 10.0. The smallest absolute Gasteiger partial charge is 0.0917 e. The highest BCUT2D eigenvalue weighted by Crippen LogP contribution is 2.17.